The molecule has 0 spiro atoms. The summed E-state index contributed by atoms with van der Waals surface area (Å²) < 4.78 is 10.6. The molecular weight excluding hydrogens is 284 g/mol. The number of aliphatic hydroxyl groups is 1. The summed E-state index contributed by atoms with van der Waals surface area (Å²) in [7, 11) is 3.22. The Morgan fingerprint density at radius 1 is 1.05 bits per heavy atom. The molecule has 1 aromatic carbocycles. The minimum Gasteiger partial charge on any atom is -0.493 e. The second-order valence-corrected chi connectivity index (χ2v) is 6.49. The highest BCUT2D eigenvalue weighted by Gasteiger charge is 2.20. The number of fused-ring (bicyclic) bond motifs is 1. The van der Waals surface area contributed by atoms with Gasteiger partial charge in [-0.05, 0) is 55.0 Å². The molecule has 1 aromatic heterocycles. The van der Waals surface area contributed by atoms with Gasteiger partial charge in [0, 0.05) is 9.75 Å². The van der Waals surface area contributed by atoms with Gasteiger partial charge in [0.1, 0.15) is 6.10 Å². The molecule has 0 saturated carbocycles. The number of aliphatic hydroxyl groups excluding tert-OH is 1. The zero-order valence-corrected chi connectivity index (χ0v) is 13.2. The fraction of sp³-hybridized carbons (Fsp3) is 0.412. The molecule has 112 valence electrons. The maximum absolute atomic E-state index is 10.6. The van der Waals surface area contributed by atoms with Crippen LogP contribution in [-0.2, 0) is 12.8 Å². The van der Waals surface area contributed by atoms with E-state index in [1.54, 1.807) is 25.6 Å². The second-order valence-electron chi connectivity index (χ2n) is 5.32. The van der Waals surface area contributed by atoms with E-state index in [0.717, 1.165) is 23.3 Å². The third kappa shape index (κ3) is 2.78. The molecule has 3 rings (SSSR count). The summed E-state index contributed by atoms with van der Waals surface area (Å²) in [5, 5.41) is 10.6. The maximum Gasteiger partial charge on any atom is 0.161 e. The summed E-state index contributed by atoms with van der Waals surface area (Å²) in [5.74, 6) is 1.33. The van der Waals surface area contributed by atoms with Crippen LogP contribution in [0.5, 0.6) is 11.5 Å². The Morgan fingerprint density at radius 3 is 2.52 bits per heavy atom. The van der Waals surface area contributed by atoms with E-state index in [2.05, 4.69) is 6.07 Å². The van der Waals surface area contributed by atoms with Gasteiger partial charge in [0.2, 0.25) is 0 Å². The topological polar surface area (TPSA) is 38.7 Å². The summed E-state index contributed by atoms with van der Waals surface area (Å²) in [4.78, 5) is 2.46. The number of rotatable bonds is 4. The Hall–Kier alpha value is -1.52. The van der Waals surface area contributed by atoms with Gasteiger partial charge in [0.15, 0.2) is 11.5 Å². The fourth-order valence-corrected chi connectivity index (χ4v) is 4.11. The van der Waals surface area contributed by atoms with Crippen LogP contribution in [-0.4, -0.2) is 19.3 Å². The lowest BCUT2D eigenvalue weighted by atomic mass is 9.98. The van der Waals surface area contributed by atoms with Crippen molar-refractivity contribution in [2.45, 2.75) is 31.8 Å². The predicted octanol–water partition coefficient (Wildman–Crippen LogP) is 3.73. The van der Waals surface area contributed by atoms with Crippen molar-refractivity contribution in [2.24, 2.45) is 0 Å². The summed E-state index contributed by atoms with van der Waals surface area (Å²) in [5.41, 5.74) is 2.26. The minimum atomic E-state index is -0.597. The molecule has 0 aliphatic heterocycles. The third-order valence-corrected chi connectivity index (χ3v) is 5.30. The molecule has 1 heterocycles. The van der Waals surface area contributed by atoms with E-state index < -0.39 is 6.10 Å². The molecule has 0 radical (unpaired) electrons. The van der Waals surface area contributed by atoms with Crippen LogP contribution < -0.4 is 9.47 Å². The number of benzene rings is 1. The van der Waals surface area contributed by atoms with Crippen molar-refractivity contribution in [3.63, 3.8) is 0 Å². The Balaban J connectivity index is 1.90. The number of aryl methyl sites for hydroxylation is 2. The molecule has 0 saturated heterocycles. The first-order valence-corrected chi connectivity index (χ1v) is 8.06. The second kappa shape index (κ2) is 6.08. The van der Waals surface area contributed by atoms with Gasteiger partial charge in [-0.3, -0.25) is 0 Å². The van der Waals surface area contributed by atoms with Crippen LogP contribution in [0.1, 0.15) is 39.8 Å². The van der Waals surface area contributed by atoms with Crippen molar-refractivity contribution in [1.82, 2.24) is 0 Å². The summed E-state index contributed by atoms with van der Waals surface area (Å²) in [6.45, 7) is 0. The Bertz CT molecular complexity index is 609. The van der Waals surface area contributed by atoms with E-state index in [9.17, 15) is 5.11 Å². The summed E-state index contributed by atoms with van der Waals surface area (Å²) in [6, 6.07) is 7.75. The first-order chi connectivity index (χ1) is 10.2. The molecule has 2 aromatic rings. The zero-order chi connectivity index (χ0) is 14.8. The fourth-order valence-electron chi connectivity index (χ4n) is 2.84. The molecule has 0 fully saturated rings. The molecule has 0 amide bonds. The number of hydrogen-bond acceptors (Lipinski definition) is 4. The Labute approximate surface area is 129 Å². The molecule has 1 unspecified atom stereocenters. The van der Waals surface area contributed by atoms with Crippen molar-refractivity contribution < 1.29 is 14.6 Å². The molecule has 1 aliphatic rings. The van der Waals surface area contributed by atoms with Gasteiger partial charge in [-0.15, -0.1) is 11.3 Å². The van der Waals surface area contributed by atoms with Gasteiger partial charge >= 0.3 is 0 Å². The van der Waals surface area contributed by atoms with Crippen molar-refractivity contribution in [3.05, 3.63) is 45.1 Å². The van der Waals surface area contributed by atoms with E-state index >= 15 is 0 Å². The molecule has 1 aliphatic carbocycles. The zero-order valence-electron chi connectivity index (χ0n) is 12.4. The van der Waals surface area contributed by atoms with E-state index in [1.807, 2.05) is 18.2 Å². The van der Waals surface area contributed by atoms with Crippen molar-refractivity contribution in [2.75, 3.05) is 14.2 Å². The SMILES string of the molecule is COc1ccc(C(O)c2cc3c(s2)CCCC3)cc1OC. The van der Waals surface area contributed by atoms with Crippen molar-refractivity contribution >= 4 is 11.3 Å². The van der Waals surface area contributed by atoms with Crippen molar-refractivity contribution in [3.8, 4) is 11.5 Å². The average molecular weight is 304 g/mol. The lowest BCUT2D eigenvalue weighted by Crippen LogP contribution is -1.99. The molecular formula is C17H20O3S. The van der Waals surface area contributed by atoms with Gasteiger partial charge in [-0.25, -0.2) is 0 Å². The molecule has 1 atom stereocenters. The van der Waals surface area contributed by atoms with E-state index in [4.69, 9.17) is 9.47 Å². The van der Waals surface area contributed by atoms with Gasteiger partial charge in [0.05, 0.1) is 14.2 Å². The highest BCUT2D eigenvalue weighted by atomic mass is 32.1. The molecule has 4 heteroatoms. The highest BCUT2D eigenvalue weighted by Crippen LogP contribution is 2.37. The highest BCUT2D eigenvalue weighted by molar-refractivity contribution is 7.12. The van der Waals surface area contributed by atoms with E-state index in [1.165, 1.54) is 23.3 Å². The Morgan fingerprint density at radius 2 is 1.81 bits per heavy atom. The van der Waals surface area contributed by atoms with Gasteiger partial charge in [-0.1, -0.05) is 6.07 Å². The largest absolute Gasteiger partial charge is 0.493 e. The average Bonchev–Trinajstić information content (AvgIpc) is 2.97. The molecule has 3 nitrogen and oxygen atoms in total. The van der Waals surface area contributed by atoms with Crippen LogP contribution in [0.25, 0.3) is 0 Å². The van der Waals surface area contributed by atoms with E-state index in [0.29, 0.717) is 11.5 Å². The van der Waals surface area contributed by atoms with Crippen LogP contribution >= 0.6 is 11.3 Å². The van der Waals surface area contributed by atoms with Gasteiger partial charge in [-0.2, -0.15) is 0 Å². The van der Waals surface area contributed by atoms with Crippen LogP contribution in [0.2, 0.25) is 0 Å². The Kier molecular flexibility index (Phi) is 4.17. The third-order valence-electron chi connectivity index (χ3n) is 4.01. The lowest BCUT2D eigenvalue weighted by Gasteiger charge is -2.13. The molecule has 21 heavy (non-hydrogen) atoms. The summed E-state index contributed by atoms with van der Waals surface area (Å²) in [6.07, 6.45) is 4.22. The minimum absolute atomic E-state index is 0.597. The standard InChI is InChI=1S/C17H20O3S/c1-19-13-8-7-12(9-14(13)20-2)17(18)16-10-11-5-3-4-6-15(11)21-16/h7-10,17-18H,3-6H2,1-2H3. The number of methoxy groups -OCH3 is 2. The first-order valence-electron chi connectivity index (χ1n) is 7.24. The molecule has 0 bridgehead atoms. The van der Waals surface area contributed by atoms with E-state index in [-0.39, 0.29) is 0 Å². The first kappa shape index (κ1) is 14.4. The smallest absolute Gasteiger partial charge is 0.161 e. The van der Waals surface area contributed by atoms with Gasteiger partial charge < -0.3 is 14.6 Å². The summed E-state index contributed by atoms with van der Waals surface area (Å²) >= 11 is 1.74. The normalized spacial score (nSPS) is 15.4. The van der Waals surface area contributed by atoms with Gasteiger partial charge in [0.25, 0.3) is 0 Å². The monoisotopic (exact) mass is 304 g/mol. The molecule has 1 N–H and O–H groups in total. The van der Waals surface area contributed by atoms with Crippen molar-refractivity contribution in [1.29, 1.82) is 0 Å². The number of hydrogen-bond donors (Lipinski definition) is 1. The van der Waals surface area contributed by atoms with Crippen LogP contribution in [0.3, 0.4) is 0 Å². The van der Waals surface area contributed by atoms with Crippen LogP contribution in [0.15, 0.2) is 24.3 Å². The van der Waals surface area contributed by atoms with Crippen LogP contribution in [0, 0.1) is 0 Å². The quantitative estimate of drug-likeness (QED) is 0.935. The van der Waals surface area contributed by atoms with Crippen LogP contribution in [0.4, 0.5) is 0 Å². The predicted molar refractivity (Wildman–Crippen MR) is 84.6 cm³/mol. The maximum atomic E-state index is 10.6. The lowest BCUT2D eigenvalue weighted by molar-refractivity contribution is 0.223. The number of ether oxygens (including phenoxy) is 2. The number of thiophene rings is 1.